The van der Waals surface area contributed by atoms with Crippen LogP contribution in [0, 0.1) is 17.8 Å². The molecule has 0 radical (unpaired) electrons. The molecule has 9 heteroatoms. The number of hydrogen-bond donors (Lipinski definition) is 3. The first-order valence-corrected chi connectivity index (χ1v) is 15.6. The Kier molecular flexibility index (Phi) is 9.89. The molecular weight excluding hydrogens is 522 g/mol. The lowest BCUT2D eigenvalue weighted by molar-refractivity contribution is -0.152. The largest absolute Gasteiger partial charge is 0.443 e. The molecule has 8 atom stereocenters. The zero-order valence-electron chi connectivity index (χ0n) is 24.9. The second kappa shape index (κ2) is 13.4. The molecule has 3 N–H and O–H groups in total. The highest BCUT2D eigenvalue weighted by Gasteiger charge is 2.44. The van der Waals surface area contributed by atoms with E-state index in [0.717, 1.165) is 37.8 Å². The first-order chi connectivity index (χ1) is 19.7. The number of nitrogens with zero attached hydrogens (tertiary/aromatic N) is 1. The average Bonchev–Trinajstić information content (AvgIpc) is 3.34. The van der Waals surface area contributed by atoms with Gasteiger partial charge in [0.25, 0.3) is 0 Å². The fraction of sp³-hybridized carbons (Fsp3) is 0.750. The van der Waals surface area contributed by atoms with Crippen molar-refractivity contribution in [2.45, 2.75) is 108 Å². The Morgan fingerprint density at radius 1 is 1.07 bits per heavy atom. The number of hydrogen-bond acceptors (Lipinski definition) is 7. The van der Waals surface area contributed by atoms with E-state index in [-0.39, 0.29) is 35.8 Å². The summed E-state index contributed by atoms with van der Waals surface area (Å²) in [5.74, 6) is 1.13. The van der Waals surface area contributed by atoms with E-state index in [4.69, 9.17) is 14.2 Å². The van der Waals surface area contributed by atoms with Crippen LogP contribution in [-0.2, 0) is 25.4 Å². The third-order valence-electron chi connectivity index (χ3n) is 9.27. The minimum absolute atomic E-state index is 0.0196. The fourth-order valence-electron chi connectivity index (χ4n) is 7.21. The number of alkyl carbamates (subject to hydrolysis) is 1. The van der Waals surface area contributed by atoms with Crippen LogP contribution in [0.15, 0.2) is 30.3 Å². The minimum atomic E-state index is -0.890. The maximum Gasteiger partial charge on any atom is 0.407 e. The molecular formula is C32H49N3O6. The van der Waals surface area contributed by atoms with Crippen LogP contribution in [0.2, 0.25) is 0 Å². The number of rotatable bonds is 8. The lowest BCUT2D eigenvalue weighted by Crippen LogP contribution is -2.60. The molecule has 0 aromatic heterocycles. The van der Waals surface area contributed by atoms with Crippen molar-refractivity contribution in [3.8, 4) is 0 Å². The van der Waals surface area contributed by atoms with Crippen molar-refractivity contribution in [3.63, 3.8) is 0 Å². The van der Waals surface area contributed by atoms with E-state index in [9.17, 15) is 14.7 Å². The molecule has 2 amide bonds. The Bertz CT molecular complexity index is 1020. The van der Waals surface area contributed by atoms with E-state index in [1.807, 2.05) is 51.1 Å². The van der Waals surface area contributed by atoms with E-state index < -0.39 is 18.2 Å². The highest BCUT2D eigenvalue weighted by molar-refractivity contribution is 5.82. The van der Waals surface area contributed by atoms with E-state index in [2.05, 4.69) is 15.5 Å². The van der Waals surface area contributed by atoms with Crippen molar-refractivity contribution in [2.75, 3.05) is 26.3 Å². The van der Waals surface area contributed by atoms with Crippen molar-refractivity contribution in [3.05, 3.63) is 35.9 Å². The second-order valence-corrected chi connectivity index (χ2v) is 13.6. The van der Waals surface area contributed by atoms with Crippen LogP contribution in [0.1, 0.15) is 71.3 Å². The number of ether oxygens (including phenoxy) is 3. The number of fused-ring (bicyclic) bond motifs is 2. The van der Waals surface area contributed by atoms with Gasteiger partial charge in [-0.05, 0) is 70.3 Å². The van der Waals surface area contributed by atoms with Crippen LogP contribution < -0.4 is 10.6 Å². The standard InChI is InChI=1S/C32H49N3O6/c1-32(2,3)34-29(37)26-17-22-12-7-8-13-23(22)18-35(26)19-27(36)25(16-21-10-5-4-6-11-21)33-31(38)41-28-20-40-30-24(28)14-9-15-39-30/h4-6,10-11,22-28,30,36H,7-9,12-20H2,1-3H3,(H,33,38)(H,34,37)/t22-,23+,24-,25-,26-,27+,28-,30+/m0/s1. The van der Waals surface area contributed by atoms with E-state index in [0.29, 0.717) is 38.0 Å². The van der Waals surface area contributed by atoms with Gasteiger partial charge in [-0.15, -0.1) is 0 Å². The quantitative estimate of drug-likeness (QED) is 0.437. The molecule has 9 nitrogen and oxygen atoms in total. The molecule has 4 fully saturated rings. The van der Waals surface area contributed by atoms with Gasteiger partial charge in [0.15, 0.2) is 6.29 Å². The molecule has 1 aromatic carbocycles. The van der Waals surface area contributed by atoms with Crippen LogP contribution >= 0.6 is 0 Å². The highest BCUT2D eigenvalue weighted by Crippen LogP contribution is 2.39. The molecule has 1 aromatic rings. The van der Waals surface area contributed by atoms with Crippen molar-refractivity contribution in [1.82, 2.24) is 15.5 Å². The maximum absolute atomic E-state index is 13.5. The van der Waals surface area contributed by atoms with Crippen LogP contribution in [0.5, 0.6) is 0 Å². The normalized spacial score (nSPS) is 31.8. The summed E-state index contributed by atoms with van der Waals surface area (Å²) in [5, 5.41) is 17.8. The number of likely N-dealkylation sites (tertiary alicyclic amines) is 1. The van der Waals surface area contributed by atoms with Crippen LogP contribution in [0.25, 0.3) is 0 Å². The summed E-state index contributed by atoms with van der Waals surface area (Å²) in [7, 11) is 0. The van der Waals surface area contributed by atoms with Gasteiger partial charge in [0.2, 0.25) is 5.91 Å². The summed E-state index contributed by atoms with van der Waals surface area (Å²) in [6, 6.07) is 8.97. The summed E-state index contributed by atoms with van der Waals surface area (Å²) >= 11 is 0. The Balaban J connectivity index is 1.28. The van der Waals surface area contributed by atoms with Crippen molar-refractivity contribution < 1.29 is 28.9 Å². The van der Waals surface area contributed by atoms with E-state index >= 15 is 0 Å². The van der Waals surface area contributed by atoms with Gasteiger partial charge < -0.3 is 30.0 Å². The molecule has 1 saturated carbocycles. The molecule has 41 heavy (non-hydrogen) atoms. The summed E-state index contributed by atoms with van der Waals surface area (Å²) in [5.41, 5.74) is 0.674. The lowest BCUT2D eigenvalue weighted by Gasteiger charge is -2.47. The average molecular weight is 572 g/mol. The summed E-state index contributed by atoms with van der Waals surface area (Å²) in [6.45, 7) is 8.06. The number of benzene rings is 1. The molecule has 3 aliphatic heterocycles. The Labute approximate surface area is 244 Å². The van der Waals surface area contributed by atoms with Crippen molar-refractivity contribution in [1.29, 1.82) is 0 Å². The zero-order chi connectivity index (χ0) is 29.0. The monoisotopic (exact) mass is 571 g/mol. The first-order valence-electron chi connectivity index (χ1n) is 15.6. The highest BCUT2D eigenvalue weighted by atomic mass is 16.7. The van der Waals surface area contributed by atoms with Gasteiger partial charge in [-0.1, -0.05) is 49.6 Å². The third kappa shape index (κ3) is 8.00. The molecule has 3 heterocycles. The lowest BCUT2D eigenvalue weighted by atomic mass is 9.72. The maximum atomic E-state index is 13.5. The number of piperidine rings is 1. The predicted molar refractivity (Wildman–Crippen MR) is 155 cm³/mol. The van der Waals surface area contributed by atoms with Crippen molar-refractivity contribution >= 4 is 12.0 Å². The summed E-state index contributed by atoms with van der Waals surface area (Å²) in [4.78, 5) is 28.8. The molecule has 0 spiro atoms. The van der Waals surface area contributed by atoms with Gasteiger partial charge in [-0.3, -0.25) is 9.69 Å². The number of carbonyl (C=O) groups is 2. The molecule has 3 saturated heterocycles. The van der Waals surface area contributed by atoms with Crippen molar-refractivity contribution in [2.24, 2.45) is 17.8 Å². The van der Waals surface area contributed by atoms with Gasteiger partial charge in [0, 0.05) is 31.2 Å². The molecule has 0 bridgehead atoms. The number of aliphatic hydroxyl groups is 1. The van der Waals surface area contributed by atoms with Crippen LogP contribution in [0.4, 0.5) is 4.79 Å². The number of aliphatic hydroxyl groups excluding tert-OH is 1. The molecule has 5 rings (SSSR count). The smallest absolute Gasteiger partial charge is 0.407 e. The predicted octanol–water partition coefficient (Wildman–Crippen LogP) is 3.63. The van der Waals surface area contributed by atoms with Crippen LogP contribution in [-0.4, -0.2) is 84.4 Å². The fourth-order valence-corrected chi connectivity index (χ4v) is 7.21. The first kappa shape index (κ1) is 30.3. The third-order valence-corrected chi connectivity index (χ3v) is 9.27. The van der Waals surface area contributed by atoms with Crippen LogP contribution in [0.3, 0.4) is 0 Å². The van der Waals surface area contributed by atoms with Gasteiger partial charge >= 0.3 is 6.09 Å². The summed E-state index contributed by atoms with van der Waals surface area (Å²) in [6.07, 6.45) is 5.72. The number of β-amino-alcohol motifs (C(OH)–C–C–N with tert-alkyl or cyclic N) is 1. The van der Waals surface area contributed by atoms with E-state index in [1.54, 1.807) is 0 Å². The molecule has 0 unspecified atom stereocenters. The number of nitrogens with one attached hydrogen (secondary N) is 2. The van der Waals surface area contributed by atoms with Gasteiger partial charge in [0.1, 0.15) is 6.10 Å². The SMILES string of the molecule is CC(C)(C)NC(=O)[C@@H]1C[C@@H]2CCCC[C@@H]2CN1C[C@@H](O)[C@H](Cc1ccccc1)NC(=O)O[C@H]1CO[C@H]2OCCC[C@H]21. The number of carbonyl (C=O) groups excluding carboxylic acids is 2. The van der Waals surface area contributed by atoms with Gasteiger partial charge in [0.05, 0.1) is 24.8 Å². The minimum Gasteiger partial charge on any atom is -0.443 e. The Morgan fingerprint density at radius 2 is 1.83 bits per heavy atom. The zero-order valence-corrected chi connectivity index (χ0v) is 24.9. The van der Waals surface area contributed by atoms with Gasteiger partial charge in [-0.2, -0.15) is 0 Å². The van der Waals surface area contributed by atoms with E-state index in [1.165, 1.54) is 19.3 Å². The molecule has 228 valence electrons. The molecule has 4 aliphatic rings. The second-order valence-electron chi connectivity index (χ2n) is 13.6. The Hall–Kier alpha value is -2.20. The molecule has 1 aliphatic carbocycles. The topological polar surface area (TPSA) is 109 Å². The van der Waals surface area contributed by atoms with Gasteiger partial charge in [-0.25, -0.2) is 4.79 Å². The Morgan fingerprint density at radius 3 is 2.59 bits per heavy atom. The number of amides is 2. The summed E-state index contributed by atoms with van der Waals surface area (Å²) < 4.78 is 17.2.